The Morgan fingerprint density at radius 3 is 2.26 bits per heavy atom. The first kappa shape index (κ1) is 13.7. The van der Waals surface area contributed by atoms with Crippen LogP contribution in [-0.4, -0.2) is 7.35 Å². The molecule has 4 aromatic carbocycles. The second kappa shape index (κ2) is 5.69. The van der Waals surface area contributed by atoms with Gasteiger partial charge in [0, 0.05) is 0 Å². The zero-order valence-corrected chi connectivity index (χ0v) is 12.4. The Morgan fingerprint density at radius 2 is 1.43 bits per heavy atom. The summed E-state index contributed by atoms with van der Waals surface area (Å²) >= 11 is 0. The normalized spacial score (nSPS) is 10.6. The van der Waals surface area contributed by atoms with Crippen LogP contribution in [0.3, 0.4) is 0 Å². The second-order valence-corrected chi connectivity index (χ2v) is 5.43. The molecule has 0 radical (unpaired) electrons. The SMILES string of the molecule is O=BOc1cccc(-c2cc3ccccc3c3ccccc23)c1. The van der Waals surface area contributed by atoms with Crippen molar-refractivity contribution in [3.63, 3.8) is 0 Å². The average Bonchev–Trinajstić information content (AvgIpc) is 2.61. The van der Waals surface area contributed by atoms with Crippen molar-refractivity contribution in [2.24, 2.45) is 0 Å². The molecule has 0 saturated carbocycles. The van der Waals surface area contributed by atoms with Crippen molar-refractivity contribution in [3.05, 3.63) is 78.9 Å². The number of fused-ring (bicyclic) bond motifs is 3. The number of hydrogen-bond acceptors (Lipinski definition) is 2. The summed E-state index contributed by atoms with van der Waals surface area (Å²) in [4.78, 5) is 0. The Balaban J connectivity index is 2.05. The third kappa shape index (κ3) is 2.40. The topological polar surface area (TPSA) is 26.3 Å². The third-order valence-corrected chi connectivity index (χ3v) is 4.10. The summed E-state index contributed by atoms with van der Waals surface area (Å²) in [7, 11) is 0.456. The van der Waals surface area contributed by atoms with Gasteiger partial charge in [0.25, 0.3) is 0 Å². The molecule has 0 atom stereocenters. The van der Waals surface area contributed by atoms with Gasteiger partial charge in [0.1, 0.15) is 0 Å². The van der Waals surface area contributed by atoms with E-state index in [1.807, 2.05) is 30.3 Å². The zero-order valence-electron chi connectivity index (χ0n) is 12.4. The molecule has 0 unspecified atom stereocenters. The molecule has 108 valence electrons. The first-order chi connectivity index (χ1) is 11.4. The summed E-state index contributed by atoms with van der Waals surface area (Å²) in [5.41, 5.74) is 2.17. The Bertz CT molecular complexity index is 1020. The molecule has 0 heterocycles. The van der Waals surface area contributed by atoms with Gasteiger partial charge in [-0.05, 0) is 0 Å². The molecule has 0 aliphatic carbocycles. The summed E-state index contributed by atoms with van der Waals surface area (Å²) in [5, 5.41) is 4.85. The van der Waals surface area contributed by atoms with Crippen molar-refractivity contribution < 1.29 is 9.36 Å². The molecule has 4 aromatic rings. The molecule has 0 aromatic heterocycles. The molecule has 23 heavy (non-hydrogen) atoms. The summed E-state index contributed by atoms with van der Waals surface area (Å²) < 4.78 is 15.6. The van der Waals surface area contributed by atoms with Gasteiger partial charge in [-0.3, -0.25) is 0 Å². The van der Waals surface area contributed by atoms with Gasteiger partial charge in [0.15, 0.2) is 0 Å². The number of rotatable bonds is 3. The van der Waals surface area contributed by atoms with Crippen molar-refractivity contribution in [3.8, 4) is 16.9 Å². The standard InChI is InChI=1S/C20H13BO2/c22-21-23-16-8-5-7-14(12-16)20-13-15-6-1-2-9-17(15)18-10-3-4-11-19(18)20/h1-13H. The van der Waals surface area contributed by atoms with Crippen LogP contribution in [0, 0.1) is 0 Å². The predicted octanol–water partition coefficient (Wildman–Crippen LogP) is 5.00. The molecule has 0 aliphatic heterocycles. The minimum absolute atomic E-state index is 0.456. The van der Waals surface area contributed by atoms with E-state index in [9.17, 15) is 4.70 Å². The van der Waals surface area contributed by atoms with Gasteiger partial charge < -0.3 is 0 Å². The fourth-order valence-electron chi connectivity index (χ4n) is 3.09. The van der Waals surface area contributed by atoms with Crippen LogP contribution >= 0.6 is 0 Å². The number of benzene rings is 4. The molecule has 0 saturated heterocycles. The van der Waals surface area contributed by atoms with Crippen LogP contribution in [0.2, 0.25) is 0 Å². The second-order valence-electron chi connectivity index (χ2n) is 5.43. The summed E-state index contributed by atoms with van der Waals surface area (Å²) in [6.45, 7) is 0. The molecule has 0 fully saturated rings. The summed E-state index contributed by atoms with van der Waals surface area (Å²) in [6, 6.07) is 26.6. The fourth-order valence-corrected chi connectivity index (χ4v) is 3.09. The molecule has 2 nitrogen and oxygen atoms in total. The molecule has 0 amide bonds. The van der Waals surface area contributed by atoms with Crippen molar-refractivity contribution in [2.75, 3.05) is 0 Å². The predicted molar refractivity (Wildman–Crippen MR) is 94.0 cm³/mol. The van der Waals surface area contributed by atoms with Crippen LogP contribution in [0.1, 0.15) is 0 Å². The van der Waals surface area contributed by atoms with Gasteiger partial charge in [-0.2, -0.15) is 0 Å². The van der Waals surface area contributed by atoms with Crippen LogP contribution < -0.4 is 4.65 Å². The summed E-state index contributed by atoms with van der Waals surface area (Å²) in [5.74, 6) is 0.551. The van der Waals surface area contributed by atoms with Crippen LogP contribution in [0.15, 0.2) is 78.9 Å². The average molecular weight is 296 g/mol. The van der Waals surface area contributed by atoms with Crippen molar-refractivity contribution in [1.29, 1.82) is 0 Å². The van der Waals surface area contributed by atoms with E-state index in [0.717, 1.165) is 11.1 Å². The van der Waals surface area contributed by atoms with Crippen LogP contribution in [0.4, 0.5) is 0 Å². The van der Waals surface area contributed by atoms with Crippen molar-refractivity contribution >= 4 is 28.9 Å². The molecule has 4 rings (SSSR count). The van der Waals surface area contributed by atoms with Crippen LogP contribution in [0.25, 0.3) is 32.7 Å². The minimum atomic E-state index is 0.456. The zero-order chi connectivity index (χ0) is 15.6. The third-order valence-electron chi connectivity index (χ3n) is 4.10. The molecule has 0 spiro atoms. The van der Waals surface area contributed by atoms with Crippen molar-refractivity contribution in [2.45, 2.75) is 0 Å². The van der Waals surface area contributed by atoms with Gasteiger partial charge in [0.2, 0.25) is 0 Å². The van der Waals surface area contributed by atoms with Crippen LogP contribution in [0.5, 0.6) is 5.75 Å². The fraction of sp³-hybridized carbons (Fsp3) is 0. The van der Waals surface area contributed by atoms with Crippen LogP contribution in [-0.2, 0) is 4.70 Å². The van der Waals surface area contributed by atoms with E-state index in [4.69, 9.17) is 4.65 Å². The molecular weight excluding hydrogens is 283 g/mol. The monoisotopic (exact) mass is 296 g/mol. The van der Waals surface area contributed by atoms with Crippen molar-refractivity contribution in [1.82, 2.24) is 0 Å². The number of hydrogen-bond donors (Lipinski definition) is 0. The Kier molecular flexibility index (Phi) is 3.39. The maximum absolute atomic E-state index is 10.6. The van der Waals surface area contributed by atoms with E-state index in [0.29, 0.717) is 13.1 Å². The molecule has 0 bridgehead atoms. The molecule has 0 aliphatic rings. The quantitative estimate of drug-likeness (QED) is 0.392. The van der Waals surface area contributed by atoms with E-state index >= 15 is 0 Å². The van der Waals surface area contributed by atoms with Gasteiger partial charge >= 0.3 is 134 Å². The van der Waals surface area contributed by atoms with E-state index in [1.54, 1.807) is 6.07 Å². The van der Waals surface area contributed by atoms with E-state index in [2.05, 4.69) is 42.5 Å². The van der Waals surface area contributed by atoms with E-state index in [-0.39, 0.29) is 0 Å². The van der Waals surface area contributed by atoms with E-state index < -0.39 is 0 Å². The van der Waals surface area contributed by atoms with E-state index in [1.165, 1.54) is 21.5 Å². The first-order valence-corrected chi connectivity index (χ1v) is 7.48. The molecular formula is C20H13BO2. The Hall–Kier alpha value is -2.94. The Morgan fingerprint density at radius 1 is 0.696 bits per heavy atom. The maximum atomic E-state index is 10.6. The van der Waals surface area contributed by atoms with Gasteiger partial charge in [-0.1, -0.05) is 0 Å². The van der Waals surface area contributed by atoms with Gasteiger partial charge in [-0.15, -0.1) is 0 Å². The molecule has 0 N–H and O–H groups in total. The summed E-state index contributed by atoms with van der Waals surface area (Å²) in [6.07, 6.45) is 0. The first-order valence-electron chi connectivity index (χ1n) is 7.48. The Labute approximate surface area is 134 Å². The van der Waals surface area contributed by atoms with Gasteiger partial charge in [0.05, 0.1) is 0 Å². The molecule has 3 heteroatoms. The van der Waals surface area contributed by atoms with Gasteiger partial charge in [-0.25, -0.2) is 0 Å².